The highest BCUT2D eigenvalue weighted by Crippen LogP contribution is 2.33. The molecular weight excluding hydrogens is 277 g/mol. The van der Waals surface area contributed by atoms with E-state index in [0.717, 1.165) is 0 Å². The summed E-state index contributed by atoms with van der Waals surface area (Å²) in [6.07, 6.45) is 0.880. The lowest BCUT2D eigenvalue weighted by atomic mass is 9.89. The summed E-state index contributed by atoms with van der Waals surface area (Å²) in [6.45, 7) is 3.84. The third kappa shape index (κ3) is 3.39. The van der Waals surface area contributed by atoms with Crippen molar-refractivity contribution in [3.05, 3.63) is 48.3 Å². The van der Waals surface area contributed by atoms with Crippen LogP contribution in [-0.4, -0.2) is 41.8 Å². The maximum Gasteiger partial charge on any atom is 0.410 e. The van der Waals surface area contributed by atoms with E-state index in [1.54, 1.807) is 12.1 Å². The molecule has 2 rings (SSSR count). The molecule has 112 valence electrons. The van der Waals surface area contributed by atoms with Crippen LogP contribution < -0.4 is 0 Å². The van der Waals surface area contributed by atoms with Crippen LogP contribution in [0.5, 0.6) is 0 Å². The van der Waals surface area contributed by atoms with E-state index in [4.69, 9.17) is 4.74 Å². The Hall–Kier alpha value is -2.37. The van der Waals surface area contributed by atoms with Gasteiger partial charge in [0.25, 0.3) is 0 Å². The molecule has 0 aromatic heterocycles. The molecule has 1 aliphatic heterocycles. The standard InChI is InChI=1S/C15H16FNO4/c1-2-7-21-15(20)17-8-12(13(9-17)14(18)19)10-3-5-11(16)6-4-10/h2-6,12-13H,1,7-9H2,(H,18,19)/t12-,13+/m0/s1. The van der Waals surface area contributed by atoms with E-state index >= 15 is 0 Å². The van der Waals surface area contributed by atoms with Gasteiger partial charge in [0.2, 0.25) is 0 Å². The van der Waals surface area contributed by atoms with Gasteiger partial charge in [-0.2, -0.15) is 0 Å². The van der Waals surface area contributed by atoms with Crippen LogP contribution in [0.2, 0.25) is 0 Å². The van der Waals surface area contributed by atoms with Crippen molar-refractivity contribution in [2.24, 2.45) is 5.92 Å². The zero-order valence-electron chi connectivity index (χ0n) is 11.4. The van der Waals surface area contributed by atoms with E-state index in [0.29, 0.717) is 5.56 Å². The number of halogens is 1. The Morgan fingerprint density at radius 2 is 2.05 bits per heavy atom. The number of hydrogen-bond donors (Lipinski definition) is 1. The molecule has 5 nitrogen and oxygen atoms in total. The highest BCUT2D eigenvalue weighted by Gasteiger charge is 2.41. The fraction of sp³-hybridized carbons (Fsp3) is 0.333. The minimum Gasteiger partial charge on any atom is -0.481 e. The number of amides is 1. The SMILES string of the molecule is C=CCOC(=O)N1C[C@@H](C(=O)O)[C@H](c2ccc(F)cc2)C1. The normalized spacial score (nSPS) is 21.1. The van der Waals surface area contributed by atoms with Gasteiger partial charge in [-0.1, -0.05) is 24.8 Å². The summed E-state index contributed by atoms with van der Waals surface area (Å²) >= 11 is 0. The van der Waals surface area contributed by atoms with Crippen molar-refractivity contribution in [1.29, 1.82) is 0 Å². The average molecular weight is 293 g/mol. The van der Waals surface area contributed by atoms with Crippen LogP contribution in [0.4, 0.5) is 9.18 Å². The van der Waals surface area contributed by atoms with E-state index < -0.39 is 18.0 Å². The summed E-state index contributed by atoms with van der Waals surface area (Å²) in [6, 6.07) is 5.67. The fourth-order valence-corrected chi connectivity index (χ4v) is 2.47. The molecule has 6 heteroatoms. The van der Waals surface area contributed by atoms with Crippen molar-refractivity contribution in [3.8, 4) is 0 Å². The number of carbonyl (C=O) groups excluding carboxylic acids is 1. The molecule has 21 heavy (non-hydrogen) atoms. The molecule has 1 saturated heterocycles. The molecule has 0 unspecified atom stereocenters. The van der Waals surface area contributed by atoms with E-state index in [2.05, 4.69) is 6.58 Å². The predicted molar refractivity (Wildman–Crippen MR) is 73.4 cm³/mol. The number of likely N-dealkylation sites (tertiary alicyclic amines) is 1. The van der Waals surface area contributed by atoms with Crippen LogP contribution in [0.25, 0.3) is 0 Å². The van der Waals surface area contributed by atoms with Gasteiger partial charge in [-0.25, -0.2) is 9.18 Å². The second kappa shape index (κ2) is 6.39. The van der Waals surface area contributed by atoms with Crippen molar-refractivity contribution >= 4 is 12.1 Å². The Bertz CT molecular complexity index is 543. The van der Waals surface area contributed by atoms with Crippen molar-refractivity contribution in [2.45, 2.75) is 5.92 Å². The van der Waals surface area contributed by atoms with Gasteiger partial charge in [-0.05, 0) is 17.7 Å². The average Bonchev–Trinajstić information content (AvgIpc) is 2.91. The van der Waals surface area contributed by atoms with Gasteiger partial charge in [0, 0.05) is 19.0 Å². The summed E-state index contributed by atoms with van der Waals surface area (Å²) < 4.78 is 17.9. The van der Waals surface area contributed by atoms with Crippen molar-refractivity contribution in [1.82, 2.24) is 4.90 Å². The number of carboxylic acids is 1. The highest BCUT2D eigenvalue weighted by atomic mass is 19.1. The maximum atomic E-state index is 13.0. The Labute approximate surface area is 121 Å². The molecule has 0 saturated carbocycles. The lowest BCUT2D eigenvalue weighted by Crippen LogP contribution is -2.30. The number of carbonyl (C=O) groups is 2. The van der Waals surface area contributed by atoms with Crippen molar-refractivity contribution in [3.63, 3.8) is 0 Å². The second-order valence-corrected chi connectivity index (χ2v) is 4.87. The molecule has 2 atom stereocenters. The minimum atomic E-state index is -0.983. The quantitative estimate of drug-likeness (QED) is 0.865. The molecule has 1 N–H and O–H groups in total. The summed E-state index contributed by atoms with van der Waals surface area (Å²) in [7, 11) is 0. The van der Waals surface area contributed by atoms with Crippen LogP contribution in [-0.2, 0) is 9.53 Å². The number of nitrogens with zero attached hydrogens (tertiary/aromatic N) is 1. The van der Waals surface area contributed by atoms with Gasteiger partial charge in [0.15, 0.2) is 0 Å². The molecule has 0 radical (unpaired) electrons. The van der Waals surface area contributed by atoms with Crippen LogP contribution in [0.1, 0.15) is 11.5 Å². The highest BCUT2D eigenvalue weighted by molar-refractivity contribution is 5.75. The number of aliphatic carboxylic acids is 1. The van der Waals surface area contributed by atoms with Crippen LogP contribution in [0.15, 0.2) is 36.9 Å². The number of carboxylic acid groups (broad SMARTS) is 1. The van der Waals surface area contributed by atoms with Gasteiger partial charge in [-0.15, -0.1) is 0 Å². The summed E-state index contributed by atoms with van der Waals surface area (Å²) in [4.78, 5) is 24.5. The summed E-state index contributed by atoms with van der Waals surface area (Å²) in [5, 5.41) is 9.31. The van der Waals surface area contributed by atoms with Gasteiger partial charge in [0.1, 0.15) is 12.4 Å². The topological polar surface area (TPSA) is 66.8 Å². The monoisotopic (exact) mass is 293 g/mol. The number of ether oxygens (including phenoxy) is 1. The molecule has 1 aliphatic rings. The van der Waals surface area contributed by atoms with Crippen LogP contribution in [0.3, 0.4) is 0 Å². The second-order valence-electron chi connectivity index (χ2n) is 4.87. The predicted octanol–water partition coefficient (Wildman–Crippen LogP) is 2.25. The first-order valence-electron chi connectivity index (χ1n) is 6.53. The summed E-state index contributed by atoms with van der Waals surface area (Å²) in [5.74, 6) is -2.47. The lowest BCUT2D eigenvalue weighted by Gasteiger charge is -2.15. The number of hydrogen-bond acceptors (Lipinski definition) is 3. The molecule has 0 aliphatic carbocycles. The maximum absolute atomic E-state index is 13.0. The van der Waals surface area contributed by atoms with Crippen molar-refractivity contribution < 1.29 is 23.8 Å². The molecule has 1 fully saturated rings. The van der Waals surface area contributed by atoms with Gasteiger partial charge >= 0.3 is 12.1 Å². The largest absolute Gasteiger partial charge is 0.481 e. The molecule has 1 aromatic rings. The minimum absolute atomic E-state index is 0.0767. The third-order valence-corrected chi connectivity index (χ3v) is 3.52. The van der Waals surface area contributed by atoms with Gasteiger partial charge < -0.3 is 14.7 Å². The third-order valence-electron chi connectivity index (χ3n) is 3.52. The van der Waals surface area contributed by atoms with E-state index in [-0.39, 0.29) is 31.4 Å². The van der Waals surface area contributed by atoms with Crippen molar-refractivity contribution in [2.75, 3.05) is 19.7 Å². The van der Waals surface area contributed by atoms with Gasteiger partial charge in [-0.3, -0.25) is 4.79 Å². The fourth-order valence-electron chi connectivity index (χ4n) is 2.47. The Morgan fingerprint density at radius 3 is 2.62 bits per heavy atom. The van der Waals surface area contributed by atoms with Crippen LogP contribution in [0, 0.1) is 11.7 Å². The van der Waals surface area contributed by atoms with E-state index in [9.17, 15) is 19.1 Å². The van der Waals surface area contributed by atoms with Gasteiger partial charge in [0.05, 0.1) is 5.92 Å². The lowest BCUT2D eigenvalue weighted by molar-refractivity contribution is -0.141. The first-order chi connectivity index (χ1) is 10.0. The first kappa shape index (κ1) is 15.0. The number of rotatable bonds is 4. The molecule has 0 bridgehead atoms. The van der Waals surface area contributed by atoms with E-state index in [1.165, 1.54) is 23.1 Å². The molecule has 1 amide bonds. The Morgan fingerprint density at radius 1 is 1.38 bits per heavy atom. The molecule has 1 aromatic carbocycles. The molecule has 1 heterocycles. The smallest absolute Gasteiger partial charge is 0.410 e. The number of benzene rings is 1. The van der Waals surface area contributed by atoms with Crippen LogP contribution >= 0.6 is 0 Å². The molecular formula is C15H16FNO4. The zero-order chi connectivity index (χ0) is 15.4. The Kier molecular flexibility index (Phi) is 4.57. The Balaban J connectivity index is 2.15. The molecule has 0 spiro atoms. The first-order valence-corrected chi connectivity index (χ1v) is 6.53. The summed E-state index contributed by atoms with van der Waals surface area (Å²) in [5.41, 5.74) is 0.697. The zero-order valence-corrected chi connectivity index (χ0v) is 11.4. The van der Waals surface area contributed by atoms with E-state index in [1.807, 2.05) is 0 Å².